The van der Waals surface area contributed by atoms with Gasteiger partial charge in [0.1, 0.15) is 5.75 Å². The van der Waals surface area contributed by atoms with Crippen LogP contribution in [0, 0.1) is 6.92 Å². The van der Waals surface area contributed by atoms with Crippen LogP contribution in [-0.2, 0) is 4.79 Å². The standard InChI is InChI=1S/C17H24O4/c1-10(2)7-6-8-11(3)14-9-15(19)12(4)17(16(14)20)21-13(5)18/h7,9,11,19-20H,6,8H2,1-5H3. The van der Waals surface area contributed by atoms with E-state index in [1.54, 1.807) is 13.0 Å². The Morgan fingerprint density at radius 3 is 2.48 bits per heavy atom. The molecule has 0 fully saturated rings. The minimum absolute atomic E-state index is 0.0214. The van der Waals surface area contributed by atoms with Crippen LogP contribution in [0.25, 0.3) is 0 Å². The van der Waals surface area contributed by atoms with Gasteiger partial charge < -0.3 is 14.9 Å². The Bertz CT molecular complexity index is 554. The maximum Gasteiger partial charge on any atom is 0.308 e. The molecule has 21 heavy (non-hydrogen) atoms. The third-order valence-electron chi connectivity index (χ3n) is 3.43. The second-order valence-electron chi connectivity index (χ2n) is 5.64. The number of phenolic OH excluding ortho intramolecular Hbond substituents is 2. The Kier molecular flexibility index (Phi) is 5.82. The van der Waals surface area contributed by atoms with Crippen molar-refractivity contribution in [1.82, 2.24) is 0 Å². The van der Waals surface area contributed by atoms with Crippen LogP contribution in [0.3, 0.4) is 0 Å². The summed E-state index contributed by atoms with van der Waals surface area (Å²) in [5.41, 5.74) is 2.21. The van der Waals surface area contributed by atoms with Crippen LogP contribution in [0.2, 0.25) is 0 Å². The maximum atomic E-state index is 11.1. The second kappa shape index (κ2) is 7.16. The molecule has 1 unspecified atom stereocenters. The minimum atomic E-state index is -0.526. The highest BCUT2D eigenvalue weighted by atomic mass is 16.5. The first-order chi connectivity index (χ1) is 9.73. The van der Waals surface area contributed by atoms with E-state index >= 15 is 0 Å². The molecule has 0 spiro atoms. The van der Waals surface area contributed by atoms with Gasteiger partial charge in [-0.2, -0.15) is 0 Å². The summed E-state index contributed by atoms with van der Waals surface area (Å²) in [5, 5.41) is 20.3. The van der Waals surface area contributed by atoms with Crippen LogP contribution in [0.4, 0.5) is 0 Å². The highest BCUT2D eigenvalue weighted by Crippen LogP contribution is 2.43. The number of aromatic hydroxyl groups is 2. The van der Waals surface area contributed by atoms with E-state index < -0.39 is 5.97 Å². The number of carbonyl (C=O) groups excluding carboxylic acids is 1. The summed E-state index contributed by atoms with van der Waals surface area (Å²) < 4.78 is 5.03. The summed E-state index contributed by atoms with van der Waals surface area (Å²) >= 11 is 0. The molecule has 0 aliphatic carbocycles. The summed E-state index contributed by atoms with van der Waals surface area (Å²) in [5.74, 6) is -0.478. The van der Waals surface area contributed by atoms with Crippen LogP contribution in [-0.4, -0.2) is 16.2 Å². The average molecular weight is 292 g/mol. The van der Waals surface area contributed by atoms with E-state index in [9.17, 15) is 15.0 Å². The Morgan fingerprint density at radius 2 is 1.95 bits per heavy atom. The molecule has 1 aromatic rings. The summed E-state index contributed by atoms with van der Waals surface area (Å²) in [7, 11) is 0. The van der Waals surface area contributed by atoms with E-state index in [-0.39, 0.29) is 23.2 Å². The van der Waals surface area contributed by atoms with Crippen LogP contribution in [0.5, 0.6) is 17.2 Å². The van der Waals surface area contributed by atoms with Crippen LogP contribution in [0.15, 0.2) is 17.7 Å². The first kappa shape index (κ1) is 17.1. The number of esters is 1. The molecule has 0 radical (unpaired) electrons. The lowest BCUT2D eigenvalue weighted by molar-refractivity contribution is -0.132. The second-order valence-corrected chi connectivity index (χ2v) is 5.64. The van der Waals surface area contributed by atoms with Crippen LogP contribution < -0.4 is 4.74 Å². The van der Waals surface area contributed by atoms with Crippen molar-refractivity contribution in [2.45, 2.75) is 53.4 Å². The molecule has 0 aliphatic rings. The van der Waals surface area contributed by atoms with Crippen molar-refractivity contribution >= 4 is 5.97 Å². The van der Waals surface area contributed by atoms with Crippen molar-refractivity contribution in [3.8, 4) is 17.2 Å². The van der Waals surface area contributed by atoms with Gasteiger partial charge in [-0.25, -0.2) is 0 Å². The van der Waals surface area contributed by atoms with E-state index in [1.807, 2.05) is 20.8 Å². The molecule has 1 atom stereocenters. The topological polar surface area (TPSA) is 66.8 Å². The highest BCUT2D eigenvalue weighted by Gasteiger charge is 2.20. The summed E-state index contributed by atoms with van der Waals surface area (Å²) in [6, 6.07) is 1.55. The average Bonchev–Trinajstić information content (AvgIpc) is 2.38. The third-order valence-corrected chi connectivity index (χ3v) is 3.43. The molecule has 2 N–H and O–H groups in total. The van der Waals surface area contributed by atoms with E-state index in [4.69, 9.17) is 4.74 Å². The van der Waals surface area contributed by atoms with Gasteiger partial charge in [0.15, 0.2) is 11.5 Å². The first-order valence-electron chi connectivity index (χ1n) is 7.11. The smallest absolute Gasteiger partial charge is 0.308 e. The molecule has 0 saturated carbocycles. The van der Waals surface area contributed by atoms with Crippen molar-refractivity contribution in [1.29, 1.82) is 0 Å². The highest BCUT2D eigenvalue weighted by molar-refractivity contribution is 5.72. The quantitative estimate of drug-likeness (QED) is 0.370. The molecule has 4 nitrogen and oxygen atoms in total. The zero-order valence-electron chi connectivity index (χ0n) is 13.4. The zero-order chi connectivity index (χ0) is 16.2. The predicted octanol–water partition coefficient (Wildman–Crippen LogP) is 4.18. The number of benzene rings is 1. The van der Waals surface area contributed by atoms with Gasteiger partial charge in [0.25, 0.3) is 0 Å². The lowest BCUT2D eigenvalue weighted by Crippen LogP contribution is -2.05. The van der Waals surface area contributed by atoms with Crippen LogP contribution in [0.1, 0.15) is 57.6 Å². The van der Waals surface area contributed by atoms with Gasteiger partial charge in [-0.15, -0.1) is 0 Å². The number of hydrogen-bond donors (Lipinski definition) is 2. The summed E-state index contributed by atoms with van der Waals surface area (Å²) in [4.78, 5) is 11.1. The molecule has 116 valence electrons. The number of carbonyl (C=O) groups is 1. The maximum absolute atomic E-state index is 11.1. The van der Waals surface area contributed by atoms with Gasteiger partial charge in [-0.05, 0) is 45.6 Å². The molecule has 1 aromatic carbocycles. The SMILES string of the molecule is CC(=O)Oc1c(C)c(O)cc(C(C)CCC=C(C)C)c1O. The van der Waals surface area contributed by atoms with Crippen LogP contribution >= 0.6 is 0 Å². The van der Waals surface area contributed by atoms with E-state index in [0.717, 1.165) is 12.8 Å². The number of phenols is 2. The van der Waals surface area contributed by atoms with Crippen molar-refractivity contribution < 1.29 is 19.7 Å². The molecular formula is C17H24O4. The third kappa shape index (κ3) is 4.52. The molecule has 0 amide bonds. The largest absolute Gasteiger partial charge is 0.508 e. The Labute approximate surface area is 126 Å². The lowest BCUT2D eigenvalue weighted by Gasteiger charge is -2.18. The number of ether oxygens (including phenoxy) is 1. The fourth-order valence-electron chi connectivity index (χ4n) is 2.17. The van der Waals surface area contributed by atoms with E-state index in [1.165, 1.54) is 12.5 Å². The molecule has 0 aliphatic heterocycles. The van der Waals surface area contributed by atoms with Crippen molar-refractivity contribution in [3.63, 3.8) is 0 Å². The van der Waals surface area contributed by atoms with E-state index in [0.29, 0.717) is 11.1 Å². The molecule has 1 rings (SSSR count). The molecular weight excluding hydrogens is 268 g/mol. The Morgan fingerprint density at radius 1 is 1.33 bits per heavy atom. The lowest BCUT2D eigenvalue weighted by atomic mass is 9.93. The van der Waals surface area contributed by atoms with Gasteiger partial charge in [-0.3, -0.25) is 4.79 Å². The molecule has 0 heterocycles. The van der Waals surface area contributed by atoms with Crippen molar-refractivity contribution in [2.75, 3.05) is 0 Å². The number of allylic oxidation sites excluding steroid dienone is 2. The van der Waals surface area contributed by atoms with Crippen molar-refractivity contribution in [3.05, 3.63) is 28.8 Å². The Hall–Kier alpha value is -1.97. The predicted molar refractivity (Wildman–Crippen MR) is 82.9 cm³/mol. The fourth-order valence-corrected chi connectivity index (χ4v) is 2.17. The molecule has 0 aromatic heterocycles. The van der Waals surface area contributed by atoms with Gasteiger partial charge in [0.05, 0.1) is 0 Å². The fraction of sp³-hybridized carbons (Fsp3) is 0.471. The van der Waals surface area contributed by atoms with E-state index in [2.05, 4.69) is 6.08 Å². The summed E-state index contributed by atoms with van der Waals surface area (Å²) in [6.45, 7) is 8.92. The minimum Gasteiger partial charge on any atom is -0.508 e. The van der Waals surface area contributed by atoms with Gasteiger partial charge in [0.2, 0.25) is 0 Å². The molecule has 0 bridgehead atoms. The monoisotopic (exact) mass is 292 g/mol. The zero-order valence-corrected chi connectivity index (χ0v) is 13.4. The van der Waals surface area contributed by atoms with Gasteiger partial charge in [-0.1, -0.05) is 18.6 Å². The normalized spacial score (nSPS) is 11.9. The Balaban J connectivity index is 3.09. The molecule has 0 saturated heterocycles. The van der Waals surface area contributed by atoms with Crippen molar-refractivity contribution in [2.24, 2.45) is 0 Å². The van der Waals surface area contributed by atoms with Gasteiger partial charge in [0, 0.05) is 18.1 Å². The number of hydrogen-bond acceptors (Lipinski definition) is 4. The first-order valence-corrected chi connectivity index (χ1v) is 7.11. The summed E-state index contributed by atoms with van der Waals surface area (Å²) in [6.07, 6.45) is 3.86. The van der Waals surface area contributed by atoms with Gasteiger partial charge >= 0.3 is 5.97 Å². The number of rotatable bonds is 5. The molecule has 4 heteroatoms.